The van der Waals surface area contributed by atoms with Crippen molar-refractivity contribution in [1.82, 2.24) is 0 Å². The van der Waals surface area contributed by atoms with Crippen molar-refractivity contribution >= 4 is 49.1 Å². The molecule has 0 bridgehead atoms. The summed E-state index contributed by atoms with van der Waals surface area (Å²) in [4.78, 5) is 0. The monoisotopic (exact) mass is 427 g/mol. The zero-order chi connectivity index (χ0) is 16.2. The Bertz CT molecular complexity index is 616. The summed E-state index contributed by atoms with van der Waals surface area (Å²) in [6.07, 6.45) is -4.81. The van der Waals surface area contributed by atoms with E-state index in [0.717, 1.165) is 12.1 Å². The maximum Gasteiger partial charge on any atom is 0.573 e. The van der Waals surface area contributed by atoms with E-state index in [1.54, 1.807) is 6.07 Å². The molecular formula is C10H6Br2F3N5O. The first-order chi connectivity index (χ1) is 9.64. The summed E-state index contributed by atoms with van der Waals surface area (Å²) >= 11 is 6.08. The number of hydrogen-bond donors (Lipinski definition) is 3. The molecule has 0 saturated heterocycles. The zero-order valence-electron chi connectivity index (χ0n) is 9.92. The van der Waals surface area contributed by atoms with Crippen LogP contribution in [0.3, 0.4) is 0 Å². The van der Waals surface area contributed by atoms with Crippen LogP contribution in [0.15, 0.2) is 26.2 Å². The fraction of sp³-hybridized carbons (Fsp3) is 0.100. The predicted molar refractivity (Wildman–Crippen MR) is 77.1 cm³/mol. The van der Waals surface area contributed by atoms with E-state index in [0.29, 0.717) is 0 Å². The summed E-state index contributed by atoms with van der Waals surface area (Å²) in [5.74, 6) is -0.989. The maximum absolute atomic E-state index is 12.1. The third-order valence-corrected chi connectivity index (χ3v) is 3.14. The lowest BCUT2D eigenvalue weighted by atomic mass is 10.3. The van der Waals surface area contributed by atoms with Crippen LogP contribution in [0, 0.1) is 16.7 Å². The number of halogens is 5. The Morgan fingerprint density at radius 2 is 1.90 bits per heavy atom. The molecule has 112 valence electrons. The minimum atomic E-state index is -4.81. The summed E-state index contributed by atoms with van der Waals surface area (Å²) in [5.41, 5.74) is 7.38. The predicted octanol–water partition coefficient (Wildman–Crippen LogP) is 3.34. The lowest BCUT2D eigenvalue weighted by molar-refractivity contribution is -0.274. The average Bonchev–Trinajstić information content (AvgIpc) is 2.30. The van der Waals surface area contributed by atoms with E-state index in [4.69, 9.17) is 16.4 Å². The molecule has 0 saturated carbocycles. The van der Waals surface area contributed by atoms with Crippen molar-refractivity contribution in [3.63, 3.8) is 0 Å². The van der Waals surface area contributed by atoms with Gasteiger partial charge < -0.3 is 10.5 Å². The number of nitrogens with one attached hydrogen (secondary N) is 2. The van der Waals surface area contributed by atoms with Crippen molar-refractivity contribution in [3.8, 4) is 11.8 Å². The Morgan fingerprint density at radius 1 is 1.38 bits per heavy atom. The van der Waals surface area contributed by atoms with Crippen LogP contribution < -0.4 is 15.9 Å². The van der Waals surface area contributed by atoms with Gasteiger partial charge in [-0.2, -0.15) is 10.4 Å². The molecule has 1 aromatic rings. The highest BCUT2D eigenvalue weighted by Gasteiger charge is 2.31. The van der Waals surface area contributed by atoms with Gasteiger partial charge >= 0.3 is 6.36 Å². The molecule has 0 aliphatic carbocycles. The van der Waals surface area contributed by atoms with E-state index in [-0.39, 0.29) is 20.3 Å². The first-order valence-corrected chi connectivity index (χ1v) is 6.55. The molecule has 0 fully saturated rings. The Morgan fingerprint density at radius 3 is 2.29 bits per heavy atom. The Hall–Kier alpha value is -1.80. The third-order valence-electron chi connectivity index (χ3n) is 1.89. The standard InChI is InChI=1S/C10H6Br2F3N5O/c11-5-1-4(21-10(13,14)15)2-6(12)8(5)20-19-7(3-16)9(17)18/h1-2,20H,(H3,17,18)/b19-7+. The van der Waals surface area contributed by atoms with Crippen LogP contribution in [-0.4, -0.2) is 17.9 Å². The van der Waals surface area contributed by atoms with Gasteiger partial charge in [-0.15, -0.1) is 13.2 Å². The summed E-state index contributed by atoms with van der Waals surface area (Å²) in [6.45, 7) is 0. The molecule has 0 aliphatic heterocycles. The Labute approximate surface area is 133 Å². The van der Waals surface area contributed by atoms with Gasteiger partial charge in [-0.1, -0.05) is 0 Å². The Balaban J connectivity index is 3.07. The Kier molecular flexibility index (Phi) is 5.56. The maximum atomic E-state index is 12.1. The van der Waals surface area contributed by atoms with Crippen LogP contribution in [0.2, 0.25) is 0 Å². The van der Waals surface area contributed by atoms with Gasteiger partial charge in [0, 0.05) is 8.95 Å². The third kappa shape index (κ3) is 5.24. The zero-order valence-corrected chi connectivity index (χ0v) is 13.1. The second-order valence-corrected chi connectivity index (χ2v) is 5.12. The number of nitriles is 1. The minimum absolute atomic E-state index is 0.195. The molecule has 21 heavy (non-hydrogen) atoms. The van der Waals surface area contributed by atoms with Crippen LogP contribution in [0.1, 0.15) is 0 Å². The summed E-state index contributed by atoms with van der Waals surface area (Å²) in [5, 5.41) is 19.3. The molecule has 0 radical (unpaired) electrons. The number of hydrazone groups is 1. The highest BCUT2D eigenvalue weighted by atomic mass is 79.9. The van der Waals surface area contributed by atoms with Crippen LogP contribution in [-0.2, 0) is 0 Å². The van der Waals surface area contributed by atoms with Gasteiger partial charge in [-0.05, 0) is 44.0 Å². The normalized spacial score (nSPS) is 11.7. The second kappa shape index (κ2) is 6.77. The molecule has 0 aliphatic rings. The van der Waals surface area contributed by atoms with E-state index >= 15 is 0 Å². The SMILES string of the molecule is N#C/C(=N\Nc1c(Br)cc(OC(F)(F)F)cc1Br)C(=N)N. The van der Waals surface area contributed by atoms with E-state index in [1.165, 1.54) is 0 Å². The molecule has 0 atom stereocenters. The van der Waals surface area contributed by atoms with Gasteiger partial charge in [0.25, 0.3) is 0 Å². The fourth-order valence-electron chi connectivity index (χ4n) is 1.11. The summed E-state index contributed by atoms with van der Waals surface area (Å²) in [7, 11) is 0. The van der Waals surface area contributed by atoms with Crippen LogP contribution in [0.5, 0.6) is 5.75 Å². The highest BCUT2D eigenvalue weighted by Crippen LogP contribution is 2.37. The van der Waals surface area contributed by atoms with Crippen molar-refractivity contribution < 1.29 is 17.9 Å². The van der Waals surface area contributed by atoms with Gasteiger partial charge in [-0.3, -0.25) is 10.8 Å². The number of nitrogens with two attached hydrogens (primary N) is 1. The molecule has 0 aromatic heterocycles. The van der Waals surface area contributed by atoms with E-state index in [9.17, 15) is 13.2 Å². The fourth-order valence-corrected chi connectivity index (χ4v) is 2.43. The molecule has 6 nitrogen and oxygen atoms in total. The molecule has 4 N–H and O–H groups in total. The lowest BCUT2D eigenvalue weighted by Crippen LogP contribution is -2.22. The number of benzene rings is 1. The molecule has 0 amide bonds. The number of ether oxygens (including phenoxy) is 1. The van der Waals surface area contributed by atoms with Gasteiger partial charge in [0.15, 0.2) is 5.84 Å². The molecule has 1 aromatic carbocycles. The van der Waals surface area contributed by atoms with E-state index in [1.807, 2.05) is 0 Å². The summed E-state index contributed by atoms with van der Waals surface area (Å²) in [6, 6.07) is 3.72. The lowest BCUT2D eigenvalue weighted by Gasteiger charge is -2.12. The van der Waals surface area contributed by atoms with Gasteiger partial charge in [0.2, 0.25) is 5.71 Å². The van der Waals surface area contributed by atoms with Crippen molar-refractivity contribution in [2.24, 2.45) is 10.8 Å². The minimum Gasteiger partial charge on any atom is -0.406 e. The summed E-state index contributed by atoms with van der Waals surface area (Å²) < 4.78 is 40.6. The molecule has 1 rings (SSSR count). The van der Waals surface area contributed by atoms with Crippen LogP contribution in [0.25, 0.3) is 0 Å². The molecule has 11 heteroatoms. The smallest absolute Gasteiger partial charge is 0.406 e. The van der Waals surface area contributed by atoms with Crippen LogP contribution >= 0.6 is 31.9 Å². The van der Waals surface area contributed by atoms with Gasteiger partial charge in [0.05, 0.1) is 5.69 Å². The van der Waals surface area contributed by atoms with Gasteiger partial charge in [0.1, 0.15) is 11.8 Å². The topological polar surface area (TPSA) is 107 Å². The first-order valence-electron chi connectivity index (χ1n) is 4.97. The van der Waals surface area contributed by atoms with E-state index < -0.39 is 17.9 Å². The molecule has 0 heterocycles. The van der Waals surface area contributed by atoms with Gasteiger partial charge in [-0.25, -0.2) is 0 Å². The largest absolute Gasteiger partial charge is 0.573 e. The van der Waals surface area contributed by atoms with Crippen molar-refractivity contribution in [2.75, 3.05) is 5.43 Å². The quantitative estimate of drug-likeness (QED) is 0.388. The number of rotatable bonds is 4. The molecular weight excluding hydrogens is 423 g/mol. The van der Waals surface area contributed by atoms with Crippen molar-refractivity contribution in [2.45, 2.75) is 6.36 Å². The van der Waals surface area contributed by atoms with Crippen LogP contribution in [0.4, 0.5) is 18.9 Å². The molecule has 0 unspecified atom stereocenters. The average molecular weight is 429 g/mol. The van der Waals surface area contributed by atoms with Crippen molar-refractivity contribution in [1.29, 1.82) is 10.7 Å². The number of nitrogens with zero attached hydrogens (tertiary/aromatic N) is 2. The highest BCUT2D eigenvalue weighted by molar-refractivity contribution is 9.11. The second-order valence-electron chi connectivity index (χ2n) is 3.41. The van der Waals surface area contributed by atoms with E-state index in [2.05, 4.69) is 47.1 Å². The number of amidine groups is 1. The first kappa shape index (κ1) is 17.3. The number of alkyl halides is 3. The number of anilines is 1. The number of hydrogen-bond acceptors (Lipinski definition) is 5. The molecule has 0 spiro atoms. The van der Waals surface area contributed by atoms with Crippen molar-refractivity contribution in [3.05, 3.63) is 21.1 Å².